The van der Waals surface area contributed by atoms with Gasteiger partial charge in [0.15, 0.2) is 0 Å². The summed E-state index contributed by atoms with van der Waals surface area (Å²) in [5.41, 5.74) is 2.18. The van der Waals surface area contributed by atoms with E-state index in [1.165, 1.54) is 10.9 Å². The summed E-state index contributed by atoms with van der Waals surface area (Å²) in [7, 11) is -1.96. The number of para-hydroxylation sites is 1. The molecule has 1 aromatic carbocycles. The molecule has 4 rings (SSSR count). The molecule has 3 heterocycles. The summed E-state index contributed by atoms with van der Waals surface area (Å²) in [6.07, 6.45) is 3.69. The quantitative estimate of drug-likeness (QED) is 0.639. The lowest BCUT2D eigenvalue weighted by Crippen LogP contribution is -2.43. The third-order valence-electron chi connectivity index (χ3n) is 5.33. The maximum atomic E-state index is 13.0. The highest BCUT2D eigenvalue weighted by Crippen LogP contribution is 2.25. The number of carbonyl (C=O) groups excluding carboxylic acids is 1. The molecule has 1 saturated heterocycles. The van der Waals surface area contributed by atoms with Gasteiger partial charge in [-0.2, -0.15) is 5.10 Å². The van der Waals surface area contributed by atoms with Crippen molar-refractivity contribution in [3.63, 3.8) is 0 Å². The van der Waals surface area contributed by atoms with E-state index in [1.54, 1.807) is 22.8 Å². The lowest BCUT2D eigenvalue weighted by Gasteiger charge is -2.31. The first-order valence-electron chi connectivity index (χ1n) is 9.37. The van der Waals surface area contributed by atoms with Crippen LogP contribution in [0.5, 0.6) is 0 Å². The van der Waals surface area contributed by atoms with Gasteiger partial charge in [-0.3, -0.25) is 4.79 Å². The lowest BCUT2D eigenvalue weighted by atomic mass is 10.1. The summed E-state index contributed by atoms with van der Waals surface area (Å²) in [4.78, 5) is 14.7. The van der Waals surface area contributed by atoms with E-state index in [-0.39, 0.29) is 11.1 Å². The molecule has 0 atom stereocenters. The fraction of sp³-hybridized carbons (Fsp3) is 0.368. The molecule has 0 unspecified atom stereocenters. The van der Waals surface area contributed by atoms with E-state index in [1.807, 2.05) is 37.3 Å². The summed E-state index contributed by atoms with van der Waals surface area (Å²) in [5.74, 6) is -0.126. The predicted octanol–water partition coefficient (Wildman–Crippen LogP) is 1.39. The highest BCUT2D eigenvalue weighted by Gasteiger charge is 2.36. The average molecular weight is 414 g/mol. The Morgan fingerprint density at radius 1 is 1.14 bits per heavy atom. The molecule has 0 saturated carbocycles. The number of nitrogens with zero attached hydrogens (tertiary/aromatic N) is 6. The van der Waals surface area contributed by atoms with Crippen LogP contribution in [0.2, 0.25) is 0 Å². The largest absolute Gasteiger partial charge is 0.338 e. The highest BCUT2D eigenvalue weighted by molar-refractivity contribution is 7.91. The third-order valence-corrected chi connectivity index (χ3v) is 7.56. The van der Waals surface area contributed by atoms with Crippen LogP contribution in [-0.4, -0.2) is 62.1 Å². The fourth-order valence-electron chi connectivity index (χ4n) is 3.67. The van der Waals surface area contributed by atoms with Crippen LogP contribution < -0.4 is 0 Å². The molecule has 1 aliphatic rings. The van der Waals surface area contributed by atoms with E-state index >= 15 is 0 Å². The molecule has 29 heavy (non-hydrogen) atoms. The molecule has 0 aliphatic carbocycles. The first-order chi connectivity index (χ1) is 13.9. The first-order valence-corrected chi connectivity index (χ1v) is 10.9. The van der Waals surface area contributed by atoms with Crippen LogP contribution in [0.15, 0.2) is 48.0 Å². The maximum Gasteiger partial charge on any atom is 0.257 e. The van der Waals surface area contributed by atoms with Crippen molar-refractivity contribution in [2.75, 3.05) is 13.1 Å². The molecule has 1 fully saturated rings. The number of likely N-dealkylation sites (tertiary alicyclic amines) is 1. The SMILES string of the molecule is Cc1c(C(=O)N2CCC(S(=O)(=O)c3nncn3C)CC2)cnn1-c1ccccc1. The van der Waals surface area contributed by atoms with Gasteiger partial charge in [-0.15, -0.1) is 10.2 Å². The zero-order chi connectivity index (χ0) is 20.6. The van der Waals surface area contributed by atoms with Crippen molar-refractivity contribution in [2.45, 2.75) is 30.2 Å². The Kier molecular flexibility index (Phi) is 4.95. The van der Waals surface area contributed by atoms with Crippen molar-refractivity contribution in [3.05, 3.63) is 54.1 Å². The van der Waals surface area contributed by atoms with Crippen LogP contribution >= 0.6 is 0 Å². The summed E-state index contributed by atoms with van der Waals surface area (Å²) in [6.45, 7) is 2.60. The number of aryl methyl sites for hydroxylation is 1. The second-order valence-electron chi connectivity index (χ2n) is 7.15. The van der Waals surface area contributed by atoms with Crippen LogP contribution in [0.25, 0.3) is 5.69 Å². The second kappa shape index (κ2) is 7.43. The molecular formula is C19H22N6O3S. The van der Waals surface area contributed by atoms with Crippen LogP contribution in [-0.2, 0) is 16.9 Å². The van der Waals surface area contributed by atoms with Gasteiger partial charge in [-0.25, -0.2) is 13.1 Å². The molecule has 3 aromatic rings. The first kappa shape index (κ1) is 19.3. The highest BCUT2D eigenvalue weighted by atomic mass is 32.2. The van der Waals surface area contributed by atoms with Gasteiger partial charge in [0.25, 0.3) is 5.91 Å². The predicted molar refractivity (Wildman–Crippen MR) is 105 cm³/mol. The van der Waals surface area contributed by atoms with Crippen LogP contribution in [0.3, 0.4) is 0 Å². The second-order valence-corrected chi connectivity index (χ2v) is 9.27. The molecule has 9 nitrogen and oxygen atoms in total. The molecule has 0 radical (unpaired) electrons. The summed E-state index contributed by atoms with van der Waals surface area (Å²) >= 11 is 0. The number of sulfone groups is 1. The minimum atomic E-state index is -3.57. The molecule has 0 N–H and O–H groups in total. The smallest absolute Gasteiger partial charge is 0.257 e. The third kappa shape index (κ3) is 3.44. The average Bonchev–Trinajstić information content (AvgIpc) is 3.34. The number of piperidine rings is 1. The van der Waals surface area contributed by atoms with Gasteiger partial charge in [0, 0.05) is 20.1 Å². The van der Waals surface area contributed by atoms with Crippen LogP contribution in [0.1, 0.15) is 28.9 Å². The van der Waals surface area contributed by atoms with Crippen LogP contribution in [0.4, 0.5) is 0 Å². The number of hydrogen-bond donors (Lipinski definition) is 0. The number of hydrogen-bond acceptors (Lipinski definition) is 6. The maximum absolute atomic E-state index is 13.0. The molecule has 0 spiro atoms. The lowest BCUT2D eigenvalue weighted by molar-refractivity contribution is 0.0725. The van der Waals surface area contributed by atoms with E-state index in [9.17, 15) is 13.2 Å². The minimum absolute atomic E-state index is 0.0257. The van der Waals surface area contributed by atoms with Gasteiger partial charge in [-0.05, 0) is 31.9 Å². The molecule has 152 valence electrons. The fourth-order valence-corrected chi connectivity index (χ4v) is 5.41. The van der Waals surface area contributed by atoms with E-state index < -0.39 is 15.1 Å². The molecule has 2 aromatic heterocycles. The zero-order valence-corrected chi connectivity index (χ0v) is 17.1. The molecular weight excluding hydrogens is 392 g/mol. The monoisotopic (exact) mass is 414 g/mol. The molecule has 1 amide bonds. The number of aromatic nitrogens is 5. The summed E-state index contributed by atoms with van der Waals surface area (Å²) in [6, 6.07) is 9.61. The number of carbonyl (C=O) groups is 1. The van der Waals surface area contributed by atoms with Crippen molar-refractivity contribution in [1.82, 2.24) is 29.4 Å². The Labute approximate surface area is 168 Å². The van der Waals surface area contributed by atoms with Gasteiger partial charge in [-0.1, -0.05) is 18.2 Å². The van der Waals surface area contributed by atoms with E-state index in [0.29, 0.717) is 31.5 Å². The van der Waals surface area contributed by atoms with Crippen molar-refractivity contribution in [1.29, 1.82) is 0 Å². The number of rotatable bonds is 4. The van der Waals surface area contributed by atoms with E-state index in [2.05, 4.69) is 15.3 Å². The van der Waals surface area contributed by atoms with E-state index in [4.69, 9.17) is 0 Å². The standard InChI is InChI=1S/C19H22N6O3S/c1-14-17(12-21-25(14)15-6-4-3-5-7-15)18(26)24-10-8-16(9-11-24)29(27,28)19-22-20-13-23(19)2/h3-7,12-13,16H,8-11H2,1-2H3. The summed E-state index contributed by atoms with van der Waals surface area (Å²) < 4.78 is 28.7. The number of amides is 1. The Balaban J connectivity index is 1.48. The topological polar surface area (TPSA) is 103 Å². The van der Waals surface area contributed by atoms with Gasteiger partial charge in [0.1, 0.15) is 6.33 Å². The Morgan fingerprint density at radius 3 is 2.45 bits per heavy atom. The van der Waals surface area contributed by atoms with E-state index in [0.717, 1.165) is 11.4 Å². The van der Waals surface area contributed by atoms with Crippen molar-refractivity contribution < 1.29 is 13.2 Å². The van der Waals surface area contributed by atoms with Gasteiger partial charge in [0.05, 0.1) is 28.4 Å². The van der Waals surface area contributed by atoms with Gasteiger partial charge in [0.2, 0.25) is 15.0 Å². The Morgan fingerprint density at radius 2 is 1.83 bits per heavy atom. The van der Waals surface area contributed by atoms with Gasteiger partial charge < -0.3 is 9.47 Å². The van der Waals surface area contributed by atoms with Crippen LogP contribution in [0, 0.1) is 6.92 Å². The minimum Gasteiger partial charge on any atom is -0.338 e. The van der Waals surface area contributed by atoms with Crippen molar-refractivity contribution >= 4 is 15.7 Å². The Bertz CT molecular complexity index is 1130. The molecule has 10 heteroatoms. The van der Waals surface area contributed by atoms with Gasteiger partial charge >= 0.3 is 0 Å². The normalized spacial score (nSPS) is 15.6. The zero-order valence-electron chi connectivity index (χ0n) is 16.3. The van der Waals surface area contributed by atoms with Crippen molar-refractivity contribution in [2.24, 2.45) is 7.05 Å². The molecule has 0 bridgehead atoms. The summed E-state index contributed by atoms with van der Waals surface area (Å²) in [5, 5.41) is 11.2. The number of benzene rings is 1. The Hall–Kier alpha value is -3.01. The molecule has 1 aliphatic heterocycles. The van der Waals surface area contributed by atoms with Crippen molar-refractivity contribution in [3.8, 4) is 5.69 Å².